The lowest BCUT2D eigenvalue weighted by molar-refractivity contribution is 0.0391. The van der Waals surface area contributed by atoms with Gasteiger partial charge in [0.25, 0.3) is 5.91 Å². The number of carbonyl (C=O) groups is 1. The molecule has 0 unspecified atom stereocenters. The standard InChI is InChI=1S/C21H22BrN3O2S/c1-15-3-2-4-18-19(15)23-21(28-18)25(10-9-24-11-13-27-14-12-24)20(26)16-5-7-17(22)8-6-16/h2-8H,9-14H2,1H3. The Balaban J connectivity index is 1.64. The molecule has 0 aliphatic carbocycles. The number of aromatic nitrogens is 1. The number of amides is 1. The molecule has 0 radical (unpaired) electrons. The number of hydrogen-bond acceptors (Lipinski definition) is 5. The summed E-state index contributed by atoms with van der Waals surface area (Å²) in [6.07, 6.45) is 0. The highest BCUT2D eigenvalue weighted by Gasteiger charge is 2.23. The maximum atomic E-state index is 13.3. The second kappa shape index (κ2) is 8.69. The van der Waals surface area contributed by atoms with Gasteiger partial charge >= 0.3 is 0 Å². The van der Waals surface area contributed by atoms with Gasteiger partial charge in [0.1, 0.15) is 0 Å². The molecule has 28 heavy (non-hydrogen) atoms. The van der Waals surface area contributed by atoms with Gasteiger partial charge in [-0.3, -0.25) is 14.6 Å². The quantitative estimate of drug-likeness (QED) is 0.568. The normalized spacial score (nSPS) is 15.1. The highest BCUT2D eigenvalue weighted by molar-refractivity contribution is 9.10. The highest BCUT2D eigenvalue weighted by atomic mass is 79.9. The van der Waals surface area contributed by atoms with Crippen molar-refractivity contribution in [2.75, 3.05) is 44.3 Å². The summed E-state index contributed by atoms with van der Waals surface area (Å²) in [5.41, 5.74) is 2.77. The largest absolute Gasteiger partial charge is 0.379 e. The third-order valence-corrected chi connectivity index (χ3v) is 6.49. The van der Waals surface area contributed by atoms with Crippen molar-refractivity contribution in [1.82, 2.24) is 9.88 Å². The molecule has 2 heterocycles. The molecule has 1 saturated heterocycles. The summed E-state index contributed by atoms with van der Waals surface area (Å²) in [5, 5.41) is 0.755. The minimum atomic E-state index is -0.0162. The molecular formula is C21H22BrN3O2S. The Morgan fingerprint density at radius 2 is 1.96 bits per heavy atom. The molecule has 0 atom stereocenters. The van der Waals surface area contributed by atoms with E-state index in [0.717, 1.165) is 58.2 Å². The second-order valence-corrected chi connectivity index (χ2v) is 8.76. The number of thiazole rings is 1. The number of rotatable bonds is 5. The molecular weight excluding hydrogens is 438 g/mol. The van der Waals surface area contributed by atoms with Crippen LogP contribution in [0.5, 0.6) is 0 Å². The van der Waals surface area contributed by atoms with Gasteiger partial charge in [-0.25, -0.2) is 4.98 Å². The fourth-order valence-corrected chi connectivity index (χ4v) is 4.62. The molecule has 5 nitrogen and oxygen atoms in total. The van der Waals surface area contributed by atoms with Gasteiger partial charge in [-0.05, 0) is 42.8 Å². The lowest BCUT2D eigenvalue weighted by Crippen LogP contribution is -2.43. The van der Waals surface area contributed by atoms with Crippen molar-refractivity contribution in [3.8, 4) is 0 Å². The zero-order valence-electron chi connectivity index (χ0n) is 15.7. The molecule has 1 fully saturated rings. The first-order chi connectivity index (χ1) is 13.6. The number of morpholine rings is 1. The summed E-state index contributed by atoms with van der Waals surface area (Å²) in [7, 11) is 0. The van der Waals surface area contributed by atoms with E-state index in [4.69, 9.17) is 9.72 Å². The van der Waals surface area contributed by atoms with Crippen molar-refractivity contribution in [2.45, 2.75) is 6.92 Å². The molecule has 1 aromatic heterocycles. The minimum Gasteiger partial charge on any atom is -0.379 e. The van der Waals surface area contributed by atoms with Crippen molar-refractivity contribution in [1.29, 1.82) is 0 Å². The second-order valence-electron chi connectivity index (χ2n) is 6.84. The summed E-state index contributed by atoms with van der Waals surface area (Å²) >= 11 is 5.01. The third-order valence-electron chi connectivity index (χ3n) is 4.92. The molecule has 0 spiro atoms. The summed E-state index contributed by atoms with van der Waals surface area (Å²) in [4.78, 5) is 22.3. The van der Waals surface area contributed by atoms with Gasteiger partial charge in [-0.1, -0.05) is 39.4 Å². The maximum Gasteiger partial charge on any atom is 0.260 e. The van der Waals surface area contributed by atoms with Crippen LogP contribution in [0.4, 0.5) is 5.13 Å². The van der Waals surface area contributed by atoms with Crippen molar-refractivity contribution >= 4 is 48.5 Å². The van der Waals surface area contributed by atoms with E-state index >= 15 is 0 Å². The number of fused-ring (bicyclic) bond motifs is 1. The number of hydrogen-bond donors (Lipinski definition) is 0. The lowest BCUT2D eigenvalue weighted by atomic mass is 10.2. The van der Waals surface area contributed by atoms with Crippen LogP contribution in [0.3, 0.4) is 0 Å². The van der Waals surface area contributed by atoms with Crippen LogP contribution in [0, 0.1) is 6.92 Å². The summed E-state index contributed by atoms with van der Waals surface area (Å²) in [6.45, 7) is 6.77. The zero-order valence-corrected chi connectivity index (χ0v) is 18.1. The lowest BCUT2D eigenvalue weighted by Gasteiger charge is -2.29. The molecule has 0 bridgehead atoms. The fraction of sp³-hybridized carbons (Fsp3) is 0.333. The first-order valence-corrected chi connectivity index (χ1v) is 11.0. The van der Waals surface area contributed by atoms with Crippen molar-refractivity contribution in [3.63, 3.8) is 0 Å². The number of para-hydroxylation sites is 1. The van der Waals surface area contributed by atoms with Crippen LogP contribution in [-0.2, 0) is 4.74 Å². The average Bonchev–Trinajstić information content (AvgIpc) is 3.15. The molecule has 146 valence electrons. The maximum absolute atomic E-state index is 13.3. The van der Waals surface area contributed by atoms with Gasteiger partial charge in [0.05, 0.1) is 23.4 Å². The molecule has 2 aromatic carbocycles. The fourth-order valence-electron chi connectivity index (χ4n) is 3.29. The Bertz CT molecular complexity index is 967. The molecule has 3 aromatic rings. The summed E-state index contributed by atoms with van der Waals surface area (Å²) < 4.78 is 7.50. The van der Waals surface area contributed by atoms with Gasteiger partial charge < -0.3 is 4.74 Å². The number of benzene rings is 2. The predicted molar refractivity (Wildman–Crippen MR) is 117 cm³/mol. The first kappa shape index (κ1) is 19.5. The van der Waals surface area contributed by atoms with Gasteiger partial charge in [-0.2, -0.15) is 0 Å². The van der Waals surface area contributed by atoms with Crippen LogP contribution in [0.25, 0.3) is 10.2 Å². The van der Waals surface area contributed by atoms with Gasteiger partial charge in [-0.15, -0.1) is 0 Å². The number of nitrogens with zero attached hydrogens (tertiary/aromatic N) is 3. The molecule has 1 aliphatic heterocycles. The monoisotopic (exact) mass is 459 g/mol. The van der Waals surface area contributed by atoms with E-state index < -0.39 is 0 Å². The predicted octanol–water partition coefficient (Wildman–Crippen LogP) is 4.35. The van der Waals surface area contributed by atoms with Crippen LogP contribution in [0.1, 0.15) is 15.9 Å². The number of halogens is 1. The topological polar surface area (TPSA) is 45.7 Å². The highest BCUT2D eigenvalue weighted by Crippen LogP contribution is 2.31. The van der Waals surface area contributed by atoms with Crippen LogP contribution in [-0.4, -0.2) is 55.2 Å². The molecule has 1 amide bonds. The van der Waals surface area contributed by atoms with Crippen LogP contribution < -0.4 is 4.90 Å². The SMILES string of the molecule is Cc1cccc2sc(N(CCN3CCOCC3)C(=O)c3ccc(Br)cc3)nc12. The van der Waals surface area contributed by atoms with Crippen LogP contribution >= 0.6 is 27.3 Å². The smallest absolute Gasteiger partial charge is 0.260 e. The van der Waals surface area contributed by atoms with E-state index in [-0.39, 0.29) is 5.91 Å². The van der Waals surface area contributed by atoms with E-state index in [9.17, 15) is 4.79 Å². The molecule has 7 heteroatoms. The van der Waals surface area contributed by atoms with Gasteiger partial charge in [0.2, 0.25) is 0 Å². The van der Waals surface area contributed by atoms with Gasteiger partial charge in [0, 0.05) is 36.2 Å². The summed E-state index contributed by atoms with van der Waals surface area (Å²) in [6, 6.07) is 13.7. The Morgan fingerprint density at radius 1 is 1.21 bits per heavy atom. The average molecular weight is 460 g/mol. The Morgan fingerprint density at radius 3 is 2.68 bits per heavy atom. The number of ether oxygens (including phenoxy) is 1. The third kappa shape index (κ3) is 4.27. The van der Waals surface area contributed by atoms with Crippen molar-refractivity contribution in [3.05, 3.63) is 58.1 Å². The van der Waals surface area contributed by atoms with E-state index in [2.05, 4.69) is 39.9 Å². The van der Waals surface area contributed by atoms with E-state index in [1.807, 2.05) is 35.2 Å². The van der Waals surface area contributed by atoms with Crippen molar-refractivity contribution < 1.29 is 9.53 Å². The molecule has 1 aliphatic rings. The van der Waals surface area contributed by atoms with E-state index in [1.54, 1.807) is 11.3 Å². The van der Waals surface area contributed by atoms with E-state index in [0.29, 0.717) is 12.1 Å². The van der Waals surface area contributed by atoms with Crippen LogP contribution in [0.15, 0.2) is 46.9 Å². The summed E-state index contributed by atoms with van der Waals surface area (Å²) in [5.74, 6) is -0.0162. The molecule has 4 rings (SSSR count). The van der Waals surface area contributed by atoms with Crippen molar-refractivity contribution in [2.24, 2.45) is 0 Å². The Hall–Kier alpha value is -1.80. The number of aryl methyl sites for hydroxylation is 1. The van der Waals surface area contributed by atoms with Crippen LogP contribution in [0.2, 0.25) is 0 Å². The van der Waals surface area contributed by atoms with E-state index in [1.165, 1.54) is 0 Å². The minimum absolute atomic E-state index is 0.0162. The Kier molecular flexibility index (Phi) is 6.06. The molecule has 0 N–H and O–H groups in total. The van der Waals surface area contributed by atoms with Gasteiger partial charge in [0.15, 0.2) is 5.13 Å². The Labute approximate surface area is 177 Å². The molecule has 0 saturated carbocycles. The first-order valence-electron chi connectivity index (χ1n) is 9.35. The number of carbonyl (C=O) groups excluding carboxylic acids is 1. The zero-order chi connectivity index (χ0) is 19.5. The number of anilines is 1.